The lowest BCUT2D eigenvalue weighted by atomic mass is 10.2. The first-order valence-electron chi connectivity index (χ1n) is 6.29. The van der Waals surface area contributed by atoms with Gasteiger partial charge in [-0.2, -0.15) is 0 Å². The van der Waals surface area contributed by atoms with Gasteiger partial charge in [0.1, 0.15) is 0 Å². The summed E-state index contributed by atoms with van der Waals surface area (Å²) in [4.78, 5) is 14.7. The van der Waals surface area contributed by atoms with Crippen LogP contribution < -0.4 is 5.73 Å². The van der Waals surface area contributed by atoms with E-state index in [2.05, 4.69) is 46.7 Å². The van der Waals surface area contributed by atoms with Crippen LogP contribution in [0.25, 0.3) is 0 Å². The van der Waals surface area contributed by atoms with E-state index in [1.165, 1.54) is 6.54 Å². The molecule has 0 atom stereocenters. The molecule has 0 aromatic rings. The Morgan fingerprint density at radius 1 is 1.00 bits per heavy atom. The maximum Gasteiger partial charge on any atom is 0.236 e. The highest BCUT2D eigenvalue weighted by molar-refractivity contribution is 5.77. The predicted octanol–water partition coefficient (Wildman–Crippen LogP) is 1.26. The van der Waals surface area contributed by atoms with Crippen LogP contribution in [-0.2, 0) is 4.79 Å². The summed E-state index contributed by atoms with van der Waals surface area (Å²) >= 11 is 0. The fourth-order valence-corrected chi connectivity index (χ4v) is 1.54. The second kappa shape index (κ2) is 10.5. The Kier molecular flexibility index (Phi) is 11.6. The number of carbonyl (C=O) groups is 1. The molecule has 104 valence electrons. The van der Waals surface area contributed by atoms with Crippen LogP contribution in [0.2, 0.25) is 0 Å². The Labute approximate surface area is 107 Å². The molecule has 0 unspecified atom stereocenters. The lowest BCUT2D eigenvalue weighted by Crippen LogP contribution is -2.35. The van der Waals surface area contributed by atoms with Crippen LogP contribution in [0.5, 0.6) is 0 Å². The van der Waals surface area contributed by atoms with Gasteiger partial charge >= 0.3 is 0 Å². The molecule has 0 aromatic carbocycles. The molecule has 17 heavy (non-hydrogen) atoms. The number of hydrogen-bond acceptors (Lipinski definition) is 3. The smallest absolute Gasteiger partial charge is 0.236 e. The van der Waals surface area contributed by atoms with E-state index in [-0.39, 0.29) is 12.5 Å². The molecule has 0 radical (unpaired) electrons. The van der Waals surface area contributed by atoms with Gasteiger partial charge in [-0.15, -0.1) is 0 Å². The van der Waals surface area contributed by atoms with Crippen molar-refractivity contribution in [2.24, 2.45) is 17.6 Å². The van der Waals surface area contributed by atoms with Gasteiger partial charge in [-0.05, 0) is 32.5 Å². The summed E-state index contributed by atoms with van der Waals surface area (Å²) in [5, 5.41) is 0. The van der Waals surface area contributed by atoms with E-state index < -0.39 is 0 Å². The molecule has 0 bridgehead atoms. The zero-order valence-electron chi connectivity index (χ0n) is 12.7. The molecule has 4 heteroatoms. The molecule has 0 aromatic heterocycles. The zero-order chi connectivity index (χ0) is 14.0. The van der Waals surface area contributed by atoms with Gasteiger partial charge in [-0.25, -0.2) is 0 Å². The second-order valence-corrected chi connectivity index (χ2v) is 5.53. The maximum absolute atomic E-state index is 10.8. The SMILES string of the molecule is CC(C)CN(C)C.CC(C)CN(C)C(=O)CN. The van der Waals surface area contributed by atoms with Crippen molar-refractivity contribution in [1.82, 2.24) is 9.80 Å². The van der Waals surface area contributed by atoms with E-state index in [1.807, 2.05) is 0 Å². The summed E-state index contributed by atoms with van der Waals surface area (Å²) in [6.07, 6.45) is 0. The molecule has 0 heterocycles. The molecule has 0 rings (SSSR count). The zero-order valence-corrected chi connectivity index (χ0v) is 12.7. The minimum atomic E-state index is 0.00806. The number of nitrogens with two attached hydrogens (primary N) is 1. The number of likely N-dealkylation sites (N-methyl/N-ethyl adjacent to an activating group) is 1. The topological polar surface area (TPSA) is 49.6 Å². The molecule has 4 nitrogen and oxygen atoms in total. The van der Waals surface area contributed by atoms with E-state index in [4.69, 9.17) is 5.73 Å². The largest absolute Gasteiger partial charge is 0.344 e. The molecule has 1 amide bonds. The fraction of sp³-hybridized carbons (Fsp3) is 0.923. The van der Waals surface area contributed by atoms with Crippen molar-refractivity contribution in [3.05, 3.63) is 0 Å². The number of nitrogens with zero attached hydrogens (tertiary/aromatic N) is 2. The highest BCUT2D eigenvalue weighted by Crippen LogP contribution is 1.94. The highest BCUT2D eigenvalue weighted by Gasteiger charge is 2.06. The number of amides is 1. The molecule has 0 saturated heterocycles. The van der Waals surface area contributed by atoms with Crippen molar-refractivity contribution >= 4 is 5.91 Å². The molecule has 0 aliphatic carbocycles. The van der Waals surface area contributed by atoms with Crippen molar-refractivity contribution in [2.75, 3.05) is 40.8 Å². The van der Waals surface area contributed by atoms with Crippen LogP contribution in [0.4, 0.5) is 0 Å². The fourth-order valence-electron chi connectivity index (χ4n) is 1.54. The van der Waals surface area contributed by atoms with Crippen LogP contribution in [0, 0.1) is 11.8 Å². The third-order valence-corrected chi connectivity index (χ3v) is 1.97. The van der Waals surface area contributed by atoms with Gasteiger partial charge in [-0.3, -0.25) is 4.79 Å². The Hall–Kier alpha value is -0.610. The summed E-state index contributed by atoms with van der Waals surface area (Å²) in [7, 11) is 5.97. The minimum Gasteiger partial charge on any atom is -0.344 e. The summed E-state index contributed by atoms with van der Waals surface area (Å²) < 4.78 is 0. The van der Waals surface area contributed by atoms with Gasteiger partial charge in [0.2, 0.25) is 5.91 Å². The second-order valence-electron chi connectivity index (χ2n) is 5.53. The molecule has 0 saturated carbocycles. The summed E-state index contributed by atoms with van der Waals surface area (Å²) in [5.41, 5.74) is 5.16. The molecule has 2 N–H and O–H groups in total. The molecule has 0 fully saturated rings. The van der Waals surface area contributed by atoms with Crippen molar-refractivity contribution in [3.63, 3.8) is 0 Å². The van der Waals surface area contributed by atoms with Gasteiger partial charge in [0.15, 0.2) is 0 Å². The number of hydrogen-bond donors (Lipinski definition) is 1. The summed E-state index contributed by atoms with van der Waals surface area (Å²) in [6, 6.07) is 0. The lowest BCUT2D eigenvalue weighted by Gasteiger charge is -2.17. The van der Waals surface area contributed by atoms with E-state index in [0.29, 0.717) is 5.92 Å². The summed E-state index contributed by atoms with van der Waals surface area (Å²) in [6.45, 7) is 10.7. The first-order valence-corrected chi connectivity index (χ1v) is 6.29. The van der Waals surface area contributed by atoms with Gasteiger partial charge in [-0.1, -0.05) is 27.7 Å². The summed E-state index contributed by atoms with van der Waals surface area (Å²) in [5.74, 6) is 1.32. The molecule has 0 spiro atoms. The van der Waals surface area contributed by atoms with Crippen LogP contribution in [0.3, 0.4) is 0 Å². The average Bonchev–Trinajstić information content (AvgIpc) is 2.14. The van der Waals surface area contributed by atoms with Crippen LogP contribution in [0.1, 0.15) is 27.7 Å². The molecular weight excluding hydrogens is 214 g/mol. The third kappa shape index (κ3) is 15.4. The van der Waals surface area contributed by atoms with Gasteiger partial charge in [0.05, 0.1) is 6.54 Å². The van der Waals surface area contributed by atoms with Crippen molar-refractivity contribution in [1.29, 1.82) is 0 Å². The highest BCUT2D eigenvalue weighted by atomic mass is 16.2. The predicted molar refractivity (Wildman–Crippen MR) is 74.9 cm³/mol. The van der Waals surface area contributed by atoms with Crippen LogP contribution >= 0.6 is 0 Å². The van der Waals surface area contributed by atoms with Crippen molar-refractivity contribution < 1.29 is 4.79 Å². The average molecular weight is 245 g/mol. The monoisotopic (exact) mass is 245 g/mol. The van der Waals surface area contributed by atoms with Crippen molar-refractivity contribution in [3.8, 4) is 0 Å². The molecule has 0 aliphatic heterocycles. The first kappa shape index (κ1) is 18.7. The number of carbonyl (C=O) groups excluding carboxylic acids is 1. The quantitative estimate of drug-likeness (QED) is 0.793. The Morgan fingerprint density at radius 3 is 1.59 bits per heavy atom. The van der Waals surface area contributed by atoms with Gasteiger partial charge in [0, 0.05) is 13.6 Å². The lowest BCUT2D eigenvalue weighted by molar-refractivity contribution is -0.128. The van der Waals surface area contributed by atoms with E-state index in [1.54, 1.807) is 11.9 Å². The minimum absolute atomic E-state index is 0.00806. The van der Waals surface area contributed by atoms with Crippen LogP contribution in [-0.4, -0.2) is 56.5 Å². The first-order chi connectivity index (χ1) is 7.70. The molecule has 0 aliphatic rings. The van der Waals surface area contributed by atoms with Crippen LogP contribution in [0.15, 0.2) is 0 Å². The molecular formula is C13H31N3O. The van der Waals surface area contributed by atoms with E-state index >= 15 is 0 Å². The Morgan fingerprint density at radius 2 is 1.41 bits per heavy atom. The number of rotatable bonds is 5. The Balaban J connectivity index is 0. The van der Waals surface area contributed by atoms with E-state index in [9.17, 15) is 4.79 Å². The van der Waals surface area contributed by atoms with Gasteiger partial charge in [0.25, 0.3) is 0 Å². The standard InChI is InChI=1S/C7H16N2O.C6H15N/c1-6(2)5-9(3)7(10)4-8;1-6(2)5-7(3)4/h6H,4-5,8H2,1-3H3;6H,5H2,1-4H3. The van der Waals surface area contributed by atoms with Gasteiger partial charge < -0.3 is 15.5 Å². The normalized spacial score (nSPS) is 10.5. The maximum atomic E-state index is 10.8. The third-order valence-electron chi connectivity index (χ3n) is 1.97. The Bertz CT molecular complexity index is 185. The van der Waals surface area contributed by atoms with E-state index in [0.717, 1.165) is 12.5 Å². The van der Waals surface area contributed by atoms with Crippen molar-refractivity contribution in [2.45, 2.75) is 27.7 Å².